The number of nitrogens with zero attached hydrogens (tertiary/aromatic N) is 3. The third kappa shape index (κ3) is 3.96. The zero-order valence-corrected chi connectivity index (χ0v) is 15.9. The van der Waals surface area contributed by atoms with Gasteiger partial charge in [-0.2, -0.15) is 0 Å². The second-order valence-electron chi connectivity index (χ2n) is 5.75. The van der Waals surface area contributed by atoms with E-state index in [1.54, 1.807) is 31.3 Å². The van der Waals surface area contributed by atoms with E-state index in [0.717, 1.165) is 11.8 Å². The van der Waals surface area contributed by atoms with Crippen LogP contribution in [0.5, 0.6) is 5.75 Å². The van der Waals surface area contributed by atoms with Crippen molar-refractivity contribution in [3.05, 3.63) is 62.9 Å². The number of carbonyl (C=O) groups excluding carboxylic acids is 1. The van der Waals surface area contributed by atoms with Gasteiger partial charge in [0.15, 0.2) is 5.16 Å². The molecule has 144 valence electrons. The van der Waals surface area contributed by atoms with E-state index in [4.69, 9.17) is 4.74 Å². The number of amides is 1. The van der Waals surface area contributed by atoms with E-state index in [-0.39, 0.29) is 22.7 Å². The van der Waals surface area contributed by atoms with Crippen LogP contribution in [0.1, 0.15) is 0 Å². The first-order valence-electron chi connectivity index (χ1n) is 8.11. The molecule has 1 N–H and O–H groups in total. The number of aromatic nitrogens is 2. The summed E-state index contributed by atoms with van der Waals surface area (Å²) in [5, 5.41) is 14.6. The van der Waals surface area contributed by atoms with E-state index < -0.39 is 10.8 Å². The van der Waals surface area contributed by atoms with Crippen LogP contribution in [0.15, 0.2) is 52.4 Å². The van der Waals surface area contributed by atoms with Crippen LogP contribution >= 0.6 is 11.8 Å². The topological polar surface area (TPSA) is 116 Å². The summed E-state index contributed by atoms with van der Waals surface area (Å²) in [4.78, 5) is 39.7. The van der Waals surface area contributed by atoms with Crippen molar-refractivity contribution in [1.82, 2.24) is 9.55 Å². The highest BCUT2D eigenvalue weighted by Gasteiger charge is 2.18. The molecule has 0 radical (unpaired) electrons. The molecule has 0 bridgehead atoms. The molecule has 0 saturated heterocycles. The van der Waals surface area contributed by atoms with Gasteiger partial charge in [-0.05, 0) is 24.3 Å². The summed E-state index contributed by atoms with van der Waals surface area (Å²) in [7, 11) is 2.98. The zero-order chi connectivity index (χ0) is 20.3. The number of para-hydroxylation sites is 1. The molecule has 0 aliphatic heterocycles. The van der Waals surface area contributed by atoms with E-state index in [9.17, 15) is 19.7 Å². The van der Waals surface area contributed by atoms with Crippen LogP contribution in [-0.4, -0.2) is 33.2 Å². The molecular weight excluding hydrogens is 384 g/mol. The van der Waals surface area contributed by atoms with Crippen LogP contribution in [0, 0.1) is 10.1 Å². The van der Waals surface area contributed by atoms with E-state index in [1.807, 2.05) is 0 Å². The Morgan fingerprint density at radius 2 is 2.07 bits per heavy atom. The van der Waals surface area contributed by atoms with Crippen LogP contribution < -0.4 is 15.6 Å². The lowest BCUT2D eigenvalue weighted by molar-refractivity contribution is -0.384. The van der Waals surface area contributed by atoms with Gasteiger partial charge >= 0.3 is 0 Å². The Balaban J connectivity index is 1.77. The lowest BCUT2D eigenvalue weighted by Crippen LogP contribution is -2.21. The molecule has 0 aliphatic rings. The average molecular weight is 400 g/mol. The number of anilines is 1. The Labute approximate surface area is 163 Å². The molecule has 2 aromatic carbocycles. The Morgan fingerprint density at radius 3 is 2.79 bits per heavy atom. The maximum absolute atomic E-state index is 12.4. The third-order valence-electron chi connectivity index (χ3n) is 3.95. The number of fused-ring (bicyclic) bond motifs is 1. The largest absolute Gasteiger partial charge is 0.496 e. The molecular formula is C18H16N4O5S. The van der Waals surface area contributed by atoms with Gasteiger partial charge < -0.3 is 10.1 Å². The number of rotatable bonds is 6. The fourth-order valence-corrected chi connectivity index (χ4v) is 3.31. The van der Waals surface area contributed by atoms with Crippen LogP contribution in [0.3, 0.4) is 0 Å². The summed E-state index contributed by atoms with van der Waals surface area (Å²) in [5.41, 5.74) is 0.129. The normalized spacial score (nSPS) is 10.6. The van der Waals surface area contributed by atoms with Crippen molar-refractivity contribution in [2.45, 2.75) is 5.16 Å². The van der Waals surface area contributed by atoms with Gasteiger partial charge in [0.1, 0.15) is 11.4 Å². The van der Waals surface area contributed by atoms with Crippen molar-refractivity contribution < 1.29 is 14.5 Å². The second-order valence-corrected chi connectivity index (χ2v) is 6.70. The highest BCUT2D eigenvalue weighted by molar-refractivity contribution is 7.99. The molecule has 9 nitrogen and oxygen atoms in total. The lowest BCUT2D eigenvalue weighted by Gasteiger charge is -2.09. The Kier molecular flexibility index (Phi) is 5.59. The van der Waals surface area contributed by atoms with Crippen LogP contribution in [0.25, 0.3) is 10.9 Å². The molecule has 1 aromatic heterocycles. The molecule has 0 fully saturated rings. The Bertz CT molecular complexity index is 1130. The smallest absolute Gasteiger partial charge is 0.296 e. The van der Waals surface area contributed by atoms with Gasteiger partial charge in [0.2, 0.25) is 5.91 Å². The number of ether oxygens (including phenoxy) is 1. The van der Waals surface area contributed by atoms with Gasteiger partial charge in [0.25, 0.3) is 11.2 Å². The number of hydrogen-bond acceptors (Lipinski definition) is 7. The fourth-order valence-electron chi connectivity index (χ4n) is 2.54. The molecule has 0 unspecified atom stereocenters. The van der Waals surface area contributed by atoms with E-state index in [1.165, 1.54) is 29.9 Å². The van der Waals surface area contributed by atoms with Crippen LogP contribution in [0.2, 0.25) is 0 Å². The molecule has 1 amide bonds. The van der Waals surface area contributed by atoms with Gasteiger partial charge in [-0.1, -0.05) is 23.9 Å². The first-order valence-corrected chi connectivity index (χ1v) is 9.10. The minimum absolute atomic E-state index is 0.0664. The predicted octanol–water partition coefficient (Wildman–Crippen LogP) is 2.58. The van der Waals surface area contributed by atoms with Gasteiger partial charge in [-0.3, -0.25) is 24.3 Å². The summed E-state index contributed by atoms with van der Waals surface area (Å²) in [6.07, 6.45) is 0. The maximum atomic E-state index is 12.4. The molecule has 3 rings (SSSR count). The summed E-state index contributed by atoms with van der Waals surface area (Å²) in [5.74, 6) is -0.211. The summed E-state index contributed by atoms with van der Waals surface area (Å²) in [6.45, 7) is 0. The quantitative estimate of drug-likeness (QED) is 0.292. The van der Waals surface area contributed by atoms with E-state index in [2.05, 4.69) is 10.3 Å². The molecule has 0 saturated carbocycles. The SMILES string of the molecule is COc1ccc(NC(=O)CSc2nc3ccccc3c(=O)n2C)c([N+](=O)[O-])c1. The zero-order valence-electron chi connectivity index (χ0n) is 15.0. The molecule has 10 heteroatoms. The first kappa shape index (κ1) is 19.4. The lowest BCUT2D eigenvalue weighted by atomic mass is 10.2. The highest BCUT2D eigenvalue weighted by Crippen LogP contribution is 2.29. The monoisotopic (exact) mass is 400 g/mol. The summed E-state index contributed by atoms with van der Waals surface area (Å²) in [6, 6.07) is 11.1. The van der Waals surface area contributed by atoms with Crippen molar-refractivity contribution in [3.8, 4) is 5.75 Å². The number of nitro groups is 1. The molecule has 0 aliphatic carbocycles. The number of benzene rings is 2. The maximum Gasteiger partial charge on any atom is 0.296 e. The number of carbonyl (C=O) groups is 1. The van der Waals surface area contributed by atoms with Gasteiger partial charge in [-0.15, -0.1) is 0 Å². The Morgan fingerprint density at radius 1 is 1.32 bits per heavy atom. The minimum Gasteiger partial charge on any atom is -0.496 e. The number of thioether (sulfide) groups is 1. The van der Waals surface area contributed by atoms with Crippen LogP contribution in [-0.2, 0) is 11.8 Å². The summed E-state index contributed by atoms with van der Waals surface area (Å²) >= 11 is 1.07. The molecule has 3 aromatic rings. The molecule has 0 spiro atoms. The van der Waals surface area contributed by atoms with Crippen LogP contribution in [0.4, 0.5) is 11.4 Å². The van der Waals surface area contributed by atoms with E-state index >= 15 is 0 Å². The van der Waals surface area contributed by atoms with Gasteiger partial charge in [0, 0.05) is 7.05 Å². The average Bonchev–Trinajstić information content (AvgIpc) is 2.69. The number of methoxy groups -OCH3 is 1. The van der Waals surface area contributed by atoms with Crippen molar-refractivity contribution >= 4 is 39.9 Å². The van der Waals surface area contributed by atoms with Crippen molar-refractivity contribution in [2.75, 3.05) is 18.2 Å². The Hall–Kier alpha value is -3.40. The highest BCUT2D eigenvalue weighted by atomic mass is 32.2. The number of hydrogen-bond donors (Lipinski definition) is 1. The van der Waals surface area contributed by atoms with Gasteiger partial charge in [0.05, 0.1) is 34.8 Å². The van der Waals surface area contributed by atoms with Crippen molar-refractivity contribution in [3.63, 3.8) is 0 Å². The fraction of sp³-hybridized carbons (Fsp3) is 0.167. The van der Waals surface area contributed by atoms with Crippen molar-refractivity contribution in [2.24, 2.45) is 7.05 Å². The van der Waals surface area contributed by atoms with Crippen molar-refractivity contribution in [1.29, 1.82) is 0 Å². The second kappa shape index (κ2) is 8.09. The molecule has 28 heavy (non-hydrogen) atoms. The van der Waals surface area contributed by atoms with E-state index in [0.29, 0.717) is 21.8 Å². The minimum atomic E-state index is -0.597. The molecule has 1 heterocycles. The predicted molar refractivity (Wildman–Crippen MR) is 106 cm³/mol. The standard InChI is InChI=1S/C18H16N4O5S/c1-21-17(24)12-5-3-4-6-13(12)20-18(21)28-10-16(23)19-14-8-7-11(27-2)9-15(14)22(25)26/h3-9H,10H2,1-2H3,(H,19,23). The molecule has 0 atom stereocenters. The summed E-state index contributed by atoms with van der Waals surface area (Å²) < 4.78 is 6.34. The third-order valence-corrected chi connectivity index (χ3v) is 4.98. The first-order chi connectivity index (χ1) is 13.4. The number of nitro benzene ring substituents is 1. The van der Waals surface area contributed by atoms with Gasteiger partial charge in [-0.25, -0.2) is 4.98 Å². The number of nitrogens with one attached hydrogen (secondary N) is 1.